The standard InChI is InChI=1S/C12H14Br2O/c1-12(5-6-12)11(14)8-3-4-10(15-2)9(13)7-8/h3-4,7,11H,5-6H2,1-2H3. The van der Waals surface area contributed by atoms with Crippen LogP contribution in [0.3, 0.4) is 0 Å². The summed E-state index contributed by atoms with van der Waals surface area (Å²) in [6.07, 6.45) is 2.62. The Morgan fingerprint density at radius 2 is 2.07 bits per heavy atom. The monoisotopic (exact) mass is 332 g/mol. The Morgan fingerprint density at radius 1 is 1.40 bits per heavy atom. The molecule has 0 aliphatic heterocycles. The van der Waals surface area contributed by atoms with Crippen LogP contribution in [-0.4, -0.2) is 7.11 Å². The van der Waals surface area contributed by atoms with E-state index in [0.29, 0.717) is 10.2 Å². The normalized spacial score (nSPS) is 19.7. The van der Waals surface area contributed by atoms with Gasteiger partial charge in [0.15, 0.2) is 0 Å². The molecule has 0 bridgehead atoms. The lowest BCUT2D eigenvalue weighted by atomic mass is 9.98. The first kappa shape index (κ1) is 11.5. The number of halogens is 2. The number of hydrogen-bond donors (Lipinski definition) is 0. The molecule has 1 aliphatic rings. The van der Waals surface area contributed by atoms with Gasteiger partial charge in [0.05, 0.1) is 11.6 Å². The third-order valence-corrected chi connectivity index (χ3v) is 5.37. The first-order valence-corrected chi connectivity index (χ1v) is 6.75. The third-order valence-electron chi connectivity index (χ3n) is 3.12. The lowest BCUT2D eigenvalue weighted by Gasteiger charge is -2.18. The second-order valence-electron chi connectivity index (χ2n) is 4.41. The van der Waals surface area contributed by atoms with E-state index < -0.39 is 0 Å². The first-order valence-electron chi connectivity index (χ1n) is 5.04. The fourth-order valence-corrected chi connectivity index (χ4v) is 2.99. The average Bonchev–Trinajstić information content (AvgIpc) is 2.96. The second-order valence-corrected chi connectivity index (χ2v) is 6.18. The van der Waals surface area contributed by atoms with Gasteiger partial charge in [-0.3, -0.25) is 0 Å². The lowest BCUT2D eigenvalue weighted by molar-refractivity contribution is 0.411. The van der Waals surface area contributed by atoms with Crippen LogP contribution in [0.4, 0.5) is 0 Å². The van der Waals surface area contributed by atoms with Crippen molar-refractivity contribution in [2.24, 2.45) is 5.41 Å². The predicted octanol–water partition coefficient (Wildman–Crippen LogP) is 4.69. The van der Waals surface area contributed by atoms with Crippen LogP contribution < -0.4 is 4.74 Å². The molecule has 1 unspecified atom stereocenters. The van der Waals surface area contributed by atoms with Gasteiger partial charge in [-0.15, -0.1) is 0 Å². The molecule has 1 saturated carbocycles. The Balaban J connectivity index is 2.26. The van der Waals surface area contributed by atoms with Crippen molar-refractivity contribution in [1.29, 1.82) is 0 Å². The highest BCUT2D eigenvalue weighted by atomic mass is 79.9. The van der Waals surface area contributed by atoms with E-state index in [0.717, 1.165) is 10.2 Å². The van der Waals surface area contributed by atoms with Crippen LogP contribution in [0.1, 0.15) is 30.2 Å². The molecular formula is C12H14Br2O. The number of hydrogen-bond acceptors (Lipinski definition) is 1. The zero-order valence-corrected chi connectivity index (χ0v) is 12.1. The Kier molecular flexibility index (Phi) is 3.13. The number of rotatable bonds is 3. The summed E-state index contributed by atoms with van der Waals surface area (Å²) in [7, 11) is 1.69. The molecule has 2 rings (SSSR count). The zero-order chi connectivity index (χ0) is 11.1. The molecule has 0 aromatic heterocycles. The predicted molar refractivity (Wildman–Crippen MR) is 69.7 cm³/mol. The highest BCUT2D eigenvalue weighted by Gasteiger charge is 2.44. The van der Waals surface area contributed by atoms with Gasteiger partial charge < -0.3 is 4.74 Å². The number of benzene rings is 1. The summed E-state index contributed by atoms with van der Waals surface area (Å²) in [6, 6.07) is 6.29. The molecule has 1 aliphatic carbocycles. The van der Waals surface area contributed by atoms with E-state index in [4.69, 9.17) is 4.74 Å². The van der Waals surface area contributed by atoms with E-state index >= 15 is 0 Å². The number of alkyl halides is 1. The summed E-state index contributed by atoms with van der Waals surface area (Å²) in [4.78, 5) is 0.451. The Bertz CT molecular complexity index is 372. The van der Waals surface area contributed by atoms with Gasteiger partial charge in [0.2, 0.25) is 0 Å². The highest BCUT2D eigenvalue weighted by molar-refractivity contribution is 9.10. The van der Waals surface area contributed by atoms with Gasteiger partial charge in [-0.2, -0.15) is 0 Å². The Hall–Kier alpha value is -0.0200. The molecular weight excluding hydrogens is 320 g/mol. The molecule has 15 heavy (non-hydrogen) atoms. The smallest absolute Gasteiger partial charge is 0.133 e. The fourth-order valence-electron chi connectivity index (χ4n) is 1.69. The van der Waals surface area contributed by atoms with E-state index in [1.165, 1.54) is 18.4 Å². The van der Waals surface area contributed by atoms with Crippen molar-refractivity contribution < 1.29 is 4.74 Å². The first-order chi connectivity index (χ1) is 7.07. The maximum absolute atomic E-state index is 5.22. The molecule has 1 aromatic rings. The molecule has 1 aromatic carbocycles. The maximum atomic E-state index is 5.22. The van der Waals surface area contributed by atoms with Gasteiger partial charge in [0.25, 0.3) is 0 Å². The van der Waals surface area contributed by atoms with Gasteiger partial charge in [-0.1, -0.05) is 28.9 Å². The van der Waals surface area contributed by atoms with Gasteiger partial charge in [0, 0.05) is 4.83 Å². The molecule has 82 valence electrons. The van der Waals surface area contributed by atoms with Gasteiger partial charge >= 0.3 is 0 Å². The van der Waals surface area contributed by atoms with Gasteiger partial charge in [0.1, 0.15) is 5.75 Å². The molecule has 1 nitrogen and oxygen atoms in total. The molecule has 1 fully saturated rings. The number of methoxy groups -OCH3 is 1. The summed E-state index contributed by atoms with van der Waals surface area (Å²) in [5.74, 6) is 0.888. The quantitative estimate of drug-likeness (QED) is 0.729. The van der Waals surface area contributed by atoms with Crippen LogP contribution in [0.15, 0.2) is 22.7 Å². The molecule has 0 spiro atoms. The minimum Gasteiger partial charge on any atom is -0.496 e. The third kappa shape index (κ3) is 2.23. The summed E-state index contributed by atoms with van der Waals surface area (Å²) < 4.78 is 6.24. The Morgan fingerprint density at radius 3 is 2.53 bits per heavy atom. The van der Waals surface area contributed by atoms with Gasteiger partial charge in [-0.25, -0.2) is 0 Å². The van der Waals surface area contributed by atoms with Crippen LogP contribution in [0.25, 0.3) is 0 Å². The maximum Gasteiger partial charge on any atom is 0.133 e. The fraction of sp³-hybridized carbons (Fsp3) is 0.500. The van der Waals surface area contributed by atoms with Crippen molar-refractivity contribution in [2.75, 3.05) is 7.11 Å². The highest BCUT2D eigenvalue weighted by Crippen LogP contribution is 2.58. The van der Waals surface area contributed by atoms with E-state index in [-0.39, 0.29) is 0 Å². The second kappa shape index (κ2) is 4.10. The molecule has 0 amide bonds. The van der Waals surface area contributed by atoms with Crippen molar-refractivity contribution in [3.63, 3.8) is 0 Å². The van der Waals surface area contributed by atoms with Crippen molar-refractivity contribution in [2.45, 2.75) is 24.6 Å². The summed E-state index contributed by atoms with van der Waals surface area (Å²) >= 11 is 7.30. The summed E-state index contributed by atoms with van der Waals surface area (Å²) in [5.41, 5.74) is 1.77. The van der Waals surface area contributed by atoms with E-state index in [1.807, 2.05) is 6.07 Å². The molecule has 0 N–H and O–H groups in total. The molecule has 0 saturated heterocycles. The molecule has 0 radical (unpaired) electrons. The van der Waals surface area contributed by atoms with E-state index in [9.17, 15) is 0 Å². The van der Waals surface area contributed by atoms with Crippen LogP contribution in [0.5, 0.6) is 5.75 Å². The minimum absolute atomic E-state index is 0.451. The van der Waals surface area contributed by atoms with Crippen molar-refractivity contribution >= 4 is 31.9 Å². The summed E-state index contributed by atoms with van der Waals surface area (Å²) in [6.45, 7) is 2.32. The van der Waals surface area contributed by atoms with Crippen LogP contribution >= 0.6 is 31.9 Å². The number of ether oxygens (including phenoxy) is 1. The minimum atomic E-state index is 0.451. The van der Waals surface area contributed by atoms with Crippen molar-refractivity contribution in [1.82, 2.24) is 0 Å². The average molecular weight is 334 g/mol. The van der Waals surface area contributed by atoms with Gasteiger partial charge in [-0.05, 0) is 51.9 Å². The van der Waals surface area contributed by atoms with Crippen LogP contribution in [-0.2, 0) is 0 Å². The zero-order valence-electron chi connectivity index (χ0n) is 8.89. The van der Waals surface area contributed by atoms with E-state index in [1.54, 1.807) is 7.11 Å². The van der Waals surface area contributed by atoms with E-state index in [2.05, 4.69) is 50.9 Å². The van der Waals surface area contributed by atoms with Crippen LogP contribution in [0, 0.1) is 5.41 Å². The van der Waals surface area contributed by atoms with Crippen molar-refractivity contribution in [3.8, 4) is 5.75 Å². The largest absolute Gasteiger partial charge is 0.496 e. The van der Waals surface area contributed by atoms with Crippen molar-refractivity contribution in [3.05, 3.63) is 28.2 Å². The lowest BCUT2D eigenvalue weighted by Crippen LogP contribution is -2.03. The molecule has 0 heterocycles. The topological polar surface area (TPSA) is 9.23 Å². The molecule has 1 atom stereocenters. The Labute approximate surface area is 107 Å². The SMILES string of the molecule is COc1ccc(C(Br)C2(C)CC2)cc1Br. The van der Waals surface area contributed by atoms with Crippen LogP contribution in [0.2, 0.25) is 0 Å². The molecule has 3 heteroatoms. The summed E-state index contributed by atoms with van der Waals surface area (Å²) in [5, 5.41) is 0.